The molecular weight excluding hydrogens is 310 g/mol. The van der Waals surface area contributed by atoms with Gasteiger partial charge < -0.3 is 15.8 Å². The van der Waals surface area contributed by atoms with Crippen LogP contribution < -0.4 is 15.8 Å². The van der Waals surface area contributed by atoms with Crippen molar-refractivity contribution in [3.8, 4) is 17.0 Å². The molecule has 2 aromatic rings. The third-order valence-electron chi connectivity index (χ3n) is 2.80. The lowest BCUT2D eigenvalue weighted by Crippen LogP contribution is -2.32. The van der Waals surface area contributed by atoms with Crippen molar-refractivity contribution in [3.63, 3.8) is 0 Å². The summed E-state index contributed by atoms with van der Waals surface area (Å²) in [6, 6.07) is 7.10. The number of hydrogen-bond donors (Lipinski definition) is 2. The first-order valence-corrected chi connectivity index (χ1v) is 7.01. The Balaban J connectivity index is 0.00000220. The van der Waals surface area contributed by atoms with Crippen molar-refractivity contribution in [3.05, 3.63) is 29.1 Å². The van der Waals surface area contributed by atoms with Gasteiger partial charge in [0.05, 0.1) is 18.8 Å². The second-order valence-corrected chi connectivity index (χ2v) is 5.63. The Morgan fingerprint density at radius 2 is 2.00 bits per heavy atom. The number of aryl methyl sites for hydroxylation is 1. The molecule has 1 atom stereocenters. The fourth-order valence-electron chi connectivity index (χ4n) is 1.69. The standard InChI is InChI=1S/C14H17N3O2S.ClH/c1-8(15)13(18)17-14-16-12(9(2)20-14)10-4-6-11(19-3)7-5-10;/h4-8H,15H2,1-3H3,(H,16,17,18);1H/t8-;/m1./s1. The molecule has 21 heavy (non-hydrogen) atoms. The van der Waals surface area contributed by atoms with Crippen molar-refractivity contribution in [2.75, 3.05) is 12.4 Å². The quantitative estimate of drug-likeness (QED) is 0.905. The van der Waals surface area contributed by atoms with E-state index in [1.54, 1.807) is 14.0 Å². The molecule has 0 aliphatic rings. The van der Waals surface area contributed by atoms with Gasteiger partial charge in [-0.15, -0.1) is 23.7 Å². The van der Waals surface area contributed by atoms with Crippen LogP contribution in [-0.2, 0) is 4.79 Å². The highest BCUT2D eigenvalue weighted by Crippen LogP contribution is 2.31. The van der Waals surface area contributed by atoms with Crippen LogP contribution >= 0.6 is 23.7 Å². The topological polar surface area (TPSA) is 77.2 Å². The van der Waals surface area contributed by atoms with E-state index >= 15 is 0 Å². The molecule has 1 heterocycles. The molecule has 2 rings (SSSR count). The number of nitrogens with one attached hydrogen (secondary N) is 1. The molecule has 1 aromatic carbocycles. The number of hydrogen-bond acceptors (Lipinski definition) is 5. The molecule has 0 radical (unpaired) electrons. The van der Waals surface area contributed by atoms with E-state index < -0.39 is 6.04 Å². The third kappa shape index (κ3) is 4.17. The van der Waals surface area contributed by atoms with E-state index in [1.807, 2.05) is 31.2 Å². The van der Waals surface area contributed by atoms with Crippen molar-refractivity contribution in [2.24, 2.45) is 5.73 Å². The second kappa shape index (κ2) is 7.40. The summed E-state index contributed by atoms with van der Waals surface area (Å²) in [6.45, 7) is 3.61. The number of carbonyl (C=O) groups excluding carboxylic acids is 1. The summed E-state index contributed by atoms with van der Waals surface area (Å²) in [7, 11) is 1.63. The van der Waals surface area contributed by atoms with Gasteiger partial charge in [0.25, 0.3) is 0 Å². The zero-order valence-electron chi connectivity index (χ0n) is 12.0. The second-order valence-electron chi connectivity index (χ2n) is 4.43. The average Bonchev–Trinajstić information content (AvgIpc) is 2.79. The minimum Gasteiger partial charge on any atom is -0.497 e. The molecule has 3 N–H and O–H groups in total. The predicted octanol–water partition coefficient (Wildman–Crippen LogP) is 2.83. The van der Waals surface area contributed by atoms with Crippen LogP contribution in [-0.4, -0.2) is 24.0 Å². The molecule has 0 saturated heterocycles. The van der Waals surface area contributed by atoms with Crippen molar-refractivity contribution in [1.29, 1.82) is 0 Å². The molecule has 0 spiro atoms. The average molecular weight is 328 g/mol. The molecule has 7 heteroatoms. The fraction of sp³-hybridized carbons (Fsp3) is 0.286. The van der Waals surface area contributed by atoms with Crippen molar-refractivity contribution >= 4 is 34.8 Å². The summed E-state index contributed by atoms with van der Waals surface area (Å²) in [5.74, 6) is 0.562. The van der Waals surface area contributed by atoms with Gasteiger partial charge in [0.15, 0.2) is 5.13 Å². The van der Waals surface area contributed by atoms with Gasteiger partial charge in [-0.3, -0.25) is 4.79 Å². The van der Waals surface area contributed by atoms with Crippen LogP contribution in [0.2, 0.25) is 0 Å². The Morgan fingerprint density at radius 3 is 2.52 bits per heavy atom. The Labute approximate surface area is 133 Å². The molecule has 0 fully saturated rings. The van der Waals surface area contributed by atoms with Crippen molar-refractivity contribution in [1.82, 2.24) is 4.98 Å². The first kappa shape index (κ1) is 17.4. The lowest BCUT2D eigenvalue weighted by molar-refractivity contribution is -0.117. The minimum atomic E-state index is -0.552. The molecule has 0 aliphatic carbocycles. The molecule has 0 aliphatic heterocycles. The van der Waals surface area contributed by atoms with E-state index in [0.717, 1.165) is 21.9 Å². The van der Waals surface area contributed by atoms with Crippen LogP contribution in [0.25, 0.3) is 11.3 Å². The lowest BCUT2D eigenvalue weighted by atomic mass is 10.1. The number of nitrogens with two attached hydrogens (primary N) is 1. The van der Waals surface area contributed by atoms with E-state index in [-0.39, 0.29) is 18.3 Å². The monoisotopic (exact) mass is 327 g/mol. The van der Waals surface area contributed by atoms with Gasteiger partial charge in [-0.25, -0.2) is 4.98 Å². The van der Waals surface area contributed by atoms with Crippen molar-refractivity contribution in [2.45, 2.75) is 19.9 Å². The number of aromatic nitrogens is 1. The molecule has 1 amide bonds. The van der Waals surface area contributed by atoms with Crippen LogP contribution in [0, 0.1) is 6.92 Å². The number of methoxy groups -OCH3 is 1. The predicted molar refractivity (Wildman–Crippen MR) is 88.4 cm³/mol. The maximum atomic E-state index is 11.6. The fourth-order valence-corrected chi connectivity index (χ4v) is 2.52. The van der Waals surface area contributed by atoms with Crippen LogP contribution in [0.4, 0.5) is 5.13 Å². The summed E-state index contributed by atoms with van der Waals surface area (Å²) in [6.07, 6.45) is 0. The molecular formula is C14H18ClN3O2S. The molecule has 0 unspecified atom stereocenters. The third-order valence-corrected chi connectivity index (χ3v) is 3.69. The van der Waals surface area contributed by atoms with Gasteiger partial charge in [0.1, 0.15) is 5.75 Å². The zero-order chi connectivity index (χ0) is 14.7. The summed E-state index contributed by atoms with van der Waals surface area (Å²) in [5, 5.41) is 3.28. The molecule has 1 aromatic heterocycles. The number of amides is 1. The van der Waals surface area contributed by atoms with Crippen LogP contribution in [0.15, 0.2) is 24.3 Å². The number of rotatable bonds is 4. The van der Waals surface area contributed by atoms with Crippen molar-refractivity contribution < 1.29 is 9.53 Å². The number of carbonyl (C=O) groups is 1. The maximum absolute atomic E-state index is 11.6. The maximum Gasteiger partial charge on any atom is 0.242 e. The van der Waals surface area contributed by atoms with E-state index in [1.165, 1.54) is 11.3 Å². The Hall–Kier alpha value is -1.63. The first-order valence-electron chi connectivity index (χ1n) is 6.19. The van der Waals surface area contributed by atoms with Gasteiger partial charge in [-0.2, -0.15) is 0 Å². The van der Waals surface area contributed by atoms with E-state index in [0.29, 0.717) is 5.13 Å². The van der Waals surface area contributed by atoms with Gasteiger partial charge in [0, 0.05) is 10.4 Å². The van der Waals surface area contributed by atoms with Gasteiger partial charge >= 0.3 is 0 Å². The number of anilines is 1. The summed E-state index contributed by atoms with van der Waals surface area (Å²) in [4.78, 5) is 17.1. The number of halogens is 1. The van der Waals surface area contributed by atoms with Crippen LogP contribution in [0.5, 0.6) is 5.75 Å². The summed E-state index contributed by atoms with van der Waals surface area (Å²) in [5.41, 5.74) is 7.37. The number of nitrogens with zero attached hydrogens (tertiary/aromatic N) is 1. The largest absolute Gasteiger partial charge is 0.497 e. The summed E-state index contributed by atoms with van der Waals surface area (Å²) < 4.78 is 5.13. The Kier molecular flexibility index (Phi) is 6.14. The first-order chi connectivity index (χ1) is 9.51. The van der Waals surface area contributed by atoms with E-state index in [4.69, 9.17) is 10.5 Å². The SMILES string of the molecule is COc1ccc(-c2nc(NC(=O)[C@@H](C)N)sc2C)cc1.Cl. The molecule has 0 bridgehead atoms. The Bertz CT molecular complexity index is 611. The highest BCUT2D eigenvalue weighted by Gasteiger charge is 2.14. The highest BCUT2D eigenvalue weighted by atomic mass is 35.5. The van der Waals surface area contributed by atoms with Gasteiger partial charge in [-0.05, 0) is 38.1 Å². The molecule has 5 nitrogen and oxygen atoms in total. The highest BCUT2D eigenvalue weighted by molar-refractivity contribution is 7.16. The van der Waals surface area contributed by atoms with Crippen LogP contribution in [0.3, 0.4) is 0 Å². The normalized spacial score (nSPS) is 11.4. The number of benzene rings is 1. The minimum absolute atomic E-state index is 0. The molecule has 114 valence electrons. The van der Waals surface area contributed by atoms with E-state index in [9.17, 15) is 4.79 Å². The lowest BCUT2D eigenvalue weighted by Gasteiger charge is -2.03. The number of ether oxygens (including phenoxy) is 1. The van der Waals surface area contributed by atoms with Gasteiger partial charge in [-0.1, -0.05) is 0 Å². The zero-order valence-corrected chi connectivity index (χ0v) is 13.7. The van der Waals surface area contributed by atoms with Gasteiger partial charge in [0.2, 0.25) is 5.91 Å². The molecule has 0 saturated carbocycles. The number of thiazole rings is 1. The van der Waals surface area contributed by atoms with Crippen LogP contribution in [0.1, 0.15) is 11.8 Å². The summed E-state index contributed by atoms with van der Waals surface area (Å²) >= 11 is 1.44. The smallest absolute Gasteiger partial charge is 0.242 e. The Morgan fingerprint density at radius 1 is 1.38 bits per heavy atom. The van der Waals surface area contributed by atoms with E-state index in [2.05, 4.69) is 10.3 Å².